The van der Waals surface area contributed by atoms with Crippen LogP contribution < -0.4 is 5.73 Å². The molecule has 1 aliphatic heterocycles. The van der Waals surface area contributed by atoms with E-state index in [4.69, 9.17) is 5.73 Å². The van der Waals surface area contributed by atoms with Gasteiger partial charge in [0.1, 0.15) is 11.3 Å². The summed E-state index contributed by atoms with van der Waals surface area (Å²) in [7, 11) is 1.64. The van der Waals surface area contributed by atoms with Crippen LogP contribution in [-0.4, -0.2) is 54.6 Å². The minimum Gasteiger partial charge on any atom is -0.369 e. The lowest BCUT2D eigenvalue weighted by atomic mass is 10.0. The molecule has 4 rings (SSSR count). The van der Waals surface area contributed by atoms with Crippen LogP contribution in [0.2, 0.25) is 0 Å². The zero-order chi connectivity index (χ0) is 18.3. The van der Waals surface area contributed by atoms with Gasteiger partial charge < -0.3 is 20.3 Å². The van der Waals surface area contributed by atoms with Crippen molar-refractivity contribution in [3.8, 4) is 17.5 Å². The van der Waals surface area contributed by atoms with Gasteiger partial charge in [-0.1, -0.05) is 5.92 Å². The van der Waals surface area contributed by atoms with Crippen molar-refractivity contribution in [3.63, 3.8) is 0 Å². The van der Waals surface area contributed by atoms with Gasteiger partial charge in [0.25, 0.3) is 5.91 Å². The smallest absolute Gasteiger partial charge is 0.267 e. The van der Waals surface area contributed by atoms with E-state index >= 15 is 0 Å². The fourth-order valence-electron chi connectivity index (χ4n) is 2.91. The van der Waals surface area contributed by atoms with Gasteiger partial charge in [0.2, 0.25) is 11.5 Å². The molecule has 8 nitrogen and oxygen atoms in total. The molecule has 1 amide bonds. The van der Waals surface area contributed by atoms with Gasteiger partial charge in [-0.3, -0.25) is 4.79 Å². The van der Waals surface area contributed by atoms with Crippen LogP contribution in [0, 0.1) is 11.8 Å². The van der Waals surface area contributed by atoms with Crippen LogP contribution >= 0.6 is 0 Å². The highest BCUT2D eigenvalue weighted by Gasteiger charge is 2.42. The maximum absolute atomic E-state index is 12.0. The molecule has 1 atom stereocenters. The lowest BCUT2D eigenvalue weighted by Crippen LogP contribution is -2.37. The number of amides is 1. The number of hydrogen-bond donors (Lipinski definition) is 2. The van der Waals surface area contributed by atoms with Gasteiger partial charge in [0.15, 0.2) is 0 Å². The highest BCUT2D eigenvalue weighted by atomic mass is 16.3. The average molecular weight is 348 g/mol. The van der Waals surface area contributed by atoms with E-state index in [-0.39, 0.29) is 18.3 Å². The number of nitrogens with zero attached hydrogens (tertiary/aromatic N) is 5. The quantitative estimate of drug-likeness (QED) is 0.614. The molecule has 3 aromatic rings. The largest absolute Gasteiger partial charge is 0.369 e. The first-order valence-corrected chi connectivity index (χ1v) is 8.03. The number of aromatic nitrogens is 4. The number of likely N-dealkylation sites (N-methyl/N-ethyl adjacent to an activating group) is 1. The fourth-order valence-corrected chi connectivity index (χ4v) is 2.91. The van der Waals surface area contributed by atoms with Gasteiger partial charge >= 0.3 is 0 Å². The molecule has 3 N–H and O–H groups in total. The maximum Gasteiger partial charge on any atom is 0.267 e. The van der Waals surface area contributed by atoms with Crippen molar-refractivity contribution in [2.45, 2.75) is 12.0 Å². The van der Waals surface area contributed by atoms with Crippen LogP contribution in [0.4, 0.5) is 5.95 Å². The van der Waals surface area contributed by atoms with Crippen LogP contribution in [0.3, 0.4) is 0 Å². The van der Waals surface area contributed by atoms with Crippen LogP contribution in [0.5, 0.6) is 0 Å². The Balaban J connectivity index is 1.71. The number of fused-ring (bicyclic) bond motifs is 1. The standard InChI is InChI=1S/C18H16N6O2/c1-23-9-6-18(26,16(23)25)5-2-13-10-14(3-7-20-13)24-8-4-12-11-21-17(19)22-15(12)24/h3-4,7-8,10-11,26H,6,9H2,1H3,(H2,19,21,22)/t18-/m1/s1. The van der Waals surface area contributed by atoms with E-state index < -0.39 is 5.60 Å². The van der Waals surface area contributed by atoms with Crippen molar-refractivity contribution in [1.29, 1.82) is 0 Å². The first-order chi connectivity index (χ1) is 12.5. The molecule has 1 fully saturated rings. The predicted molar refractivity (Wildman–Crippen MR) is 95.2 cm³/mol. The first-order valence-electron chi connectivity index (χ1n) is 8.03. The Morgan fingerprint density at radius 3 is 2.96 bits per heavy atom. The summed E-state index contributed by atoms with van der Waals surface area (Å²) in [6.07, 6.45) is 5.41. The minimum atomic E-state index is -1.64. The van der Waals surface area contributed by atoms with E-state index in [1.54, 1.807) is 25.5 Å². The van der Waals surface area contributed by atoms with Crippen LogP contribution in [0.25, 0.3) is 16.7 Å². The normalized spacial score (nSPS) is 19.6. The summed E-state index contributed by atoms with van der Waals surface area (Å²) in [4.78, 5) is 25.9. The molecule has 0 aliphatic carbocycles. The topological polar surface area (TPSA) is 110 Å². The van der Waals surface area contributed by atoms with Gasteiger partial charge in [-0.05, 0) is 24.1 Å². The van der Waals surface area contributed by atoms with E-state index in [9.17, 15) is 9.90 Å². The molecule has 0 aromatic carbocycles. The van der Waals surface area contributed by atoms with Gasteiger partial charge in [-0.2, -0.15) is 4.98 Å². The Bertz CT molecular complexity index is 1080. The SMILES string of the molecule is CN1CC[C@](O)(C#Cc2cc(-n3ccc4cnc(N)nc43)ccn2)C1=O. The molecule has 0 unspecified atom stereocenters. The van der Waals surface area contributed by atoms with Gasteiger partial charge in [0, 0.05) is 44.0 Å². The van der Waals surface area contributed by atoms with Gasteiger partial charge in [0.05, 0.1) is 5.69 Å². The van der Waals surface area contributed by atoms with Crippen molar-refractivity contribution in [2.75, 3.05) is 19.3 Å². The second-order valence-corrected chi connectivity index (χ2v) is 6.18. The third kappa shape index (κ3) is 2.64. The summed E-state index contributed by atoms with van der Waals surface area (Å²) in [6, 6.07) is 5.46. The van der Waals surface area contributed by atoms with E-state index in [1.165, 1.54) is 4.90 Å². The molecule has 1 saturated heterocycles. The molecule has 130 valence electrons. The lowest BCUT2D eigenvalue weighted by Gasteiger charge is -2.13. The predicted octanol–water partition coefficient (Wildman–Crippen LogP) is 0.342. The van der Waals surface area contributed by atoms with E-state index in [0.29, 0.717) is 17.9 Å². The highest BCUT2D eigenvalue weighted by molar-refractivity contribution is 5.90. The summed E-state index contributed by atoms with van der Waals surface area (Å²) in [6.45, 7) is 0.480. The van der Waals surface area contributed by atoms with Crippen molar-refractivity contribution in [1.82, 2.24) is 24.4 Å². The van der Waals surface area contributed by atoms with E-state index in [1.807, 2.05) is 22.9 Å². The van der Waals surface area contributed by atoms with Crippen LogP contribution in [-0.2, 0) is 4.79 Å². The van der Waals surface area contributed by atoms with Crippen LogP contribution in [0.1, 0.15) is 12.1 Å². The molecule has 0 radical (unpaired) electrons. The number of nitrogens with two attached hydrogens (primary N) is 1. The second kappa shape index (κ2) is 5.82. The number of rotatable bonds is 1. The first kappa shape index (κ1) is 16.1. The Hall–Kier alpha value is -3.44. The third-order valence-corrected chi connectivity index (χ3v) is 4.37. The molecule has 4 heterocycles. The molecule has 0 saturated carbocycles. The van der Waals surface area contributed by atoms with Crippen molar-refractivity contribution in [2.24, 2.45) is 0 Å². The van der Waals surface area contributed by atoms with Gasteiger partial charge in [-0.15, -0.1) is 0 Å². The zero-order valence-electron chi connectivity index (χ0n) is 14.0. The number of pyridine rings is 1. The highest BCUT2D eigenvalue weighted by Crippen LogP contribution is 2.21. The number of anilines is 1. The average Bonchev–Trinajstić information content (AvgIpc) is 3.17. The molecule has 8 heteroatoms. The van der Waals surface area contributed by atoms with E-state index in [2.05, 4.69) is 26.8 Å². The molecular weight excluding hydrogens is 332 g/mol. The summed E-state index contributed by atoms with van der Waals surface area (Å²) >= 11 is 0. The molecule has 0 spiro atoms. The summed E-state index contributed by atoms with van der Waals surface area (Å²) in [5.74, 6) is 5.29. The zero-order valence-corrected chi connectivity index (χ0v) is 14.0. The summed E-state index contributed by atoms with van der Waals surface area (Å²) in [5.41, 5.74) is 5.95. The minimum absolute atomic E-state index is 0.192. The van der Waals surface area contributed by atoms with Crippen molar-refractivity contribution < 1.29 is 9.90 Å². The Morgan fingerprint density at radius 1 is 1.35 bits per heavy atom. The molecule has 0 bridgehead atoms. The number of aliphatic hydroxyl groups is 1. The summed E-state index contributed by atoms with van der Waals surface area (Å²) in [5, 5.41) is 11.2. The maximum atomic E-state index is 12.0. The fraction of sp³-hybridized carbons (Fsp3) is 0.222. The van der Waals surface area contributed by atoms with Crippen molar-refractivity contribution in [3.05, 3.63) is 42.5 Å². The van der Waals surface area contributed by atoms with Crippen LogP contribution in [0.15, 0.2) is 36.8 Å². The van der Waals surface area contributed by atoms with Crippen molar-refractivity contribution >= 4 is 22.9 Å². The van der Waals surface area contributed by atoms with Gasteiger partial charge in [-0.25, -0.2) is 9.97 Å². The lowest BCUT2D eigenvalue weighted by molar-refractivity contribution is -0.137. The molecule has 26 heavy (non-hydrogen) atoms. The molecule has 1 aliphatic rings. The third-order valence-electron chi connectivity index (χ3n) is 4.37. The Morgan fingerprint density at radius 2 is 2.19 bits per heavy atom. The monoisotopic (exact) mass is 348 g/mol. The number of carbonyl (C=O) groups is 1. The Kier molecular flexibility index (Phi) is 3.60. The summed E-state index contributed by atoms with van der Waals surface area (Å²) < 4.78 is 1.85. The Labute approximate surface area is 149 Å². The van der Waals surface area contributed by atoms with E-state index in [0.717, 1.165) is 11.1 Å². The second-order valence-electron chi connectivity index (χ2n) is 6.18. The number of hydrogen-bond acceptors (Lipinski definition) is 6. The number of likely N-dealkylation sites (tertiary alicyclic amines) is 1. The number of carbonyl (C=O) groups excluding carboxylic acids is 1. The molecule has 3 aromatic heterocycles. The number of nitrogen functional groups attached to an aromatic ring is 1. The molecular formula is C18H16N6O2.